The molecule has 2 aromatic rings. The summed E-state index contributed by atoms with van der Waals surface area (Å²) < 4.78 is 5.65. The Kier molecular flexibility index (Phi) is 2.33. The van der Waals surface area contributed by atoms with Crippen molar-refractivity contribution in [2.75, 3.05) is 0 Å². The molecule has 16 heavy (non-hydrogen) atoms. The number of para-hydroxylation sites is 1. The number of allylic oxidation sites excluding steroid dienone is 1. The molecule has 0 saturated heterocycles. The minimum absolute atomic E-state index is 0.156. The van der Waals surface area contributed by atoms with Crippen LogP contribution in [0.25, 0.3) is 10.9 Å². The Morgan fingerprint density at radius 3 is 3.00 bits per heavy atom. The van der Waals surface area contributed by atoms with E-state index < -0.39 is 0 Å². The number of aromatic nitrogens is 1. The SMILES string of the molecule is C1=COC(c2cccc3cccnc23)CC1. The molecule has 1 aromatic heterocycles. The lowest BCUT2D eigenvalue weighted by atomic mass is 10.0. The van der Waals surface area contributed by atoms with Gasteiger partial charge in [-0.25, -0.2) is 0 Å². The Morgan fingerprint density at radius 1 is 1.19 bits per heavy atom. The molecule has 0 bridgehead atoms. The van der Waals surface area contributed by atoms with E-state index in [-0.39, 0.29) is 6.10 Å². The van der Waals surface area contributed by atoms with E-state index in [0.717, 1.165) is 18.4 Å². The van der Waals surface area contributed by atoms with Crippen LogP contribution in [0.1, 0.15) is 24.5 Å². The highest BCUT2D eigenvalue weighted by Gasteiger charge is 2.16. The van der Waals surface area contributed by atoms with Gasteiger partial charge in [0.1, 0.15) is 6.10 Å². The van der Waals surface area contributed by atoms with Crippen LogP contribution in [0.3, 0.4) is 0 Å². The van der Waals surface area contributed by atoms with Crippen LogP contribution in [0.2, 0.25) is 0 Å². The molecule has 0 fully saturated rings. The third-order valence-electron chi connectivity index (χ3n) is 2.95. The Bertz CT molecular complexity index is 528. The van der Waals surface area contributed by atoms with Crippen LogP contribution in [0.15, 0.2) is 48.9 Å². The van der Waals surface area contributed by atoms with Crippen molar-refractivity contribution in [2.45, 2.75) is 18.9 Å². The first-order chi connectivity index (χ1) is 7.95. The van der Waals surface area contributed by atoms with Gasteiger partial charge in [0.15, 0.2) is 0 Å². The summed E-state index contributed by atoms with van der Waals surface area (Å²) in [6.45, 7) is 0. The first-order valence-corrected chi connectivity index (χ1v) is 5.59. The Balaban J connectivity index is 2.12. The van der Waals surface area contributed by atoms with Crippen LogP contribution in [-0.2, 0) is 4.74 Å². The maximum absolute atomic E-state index is 5.65. The fourth-order valence-electron chi connectivity index (χ4n) is 2.15. The summed E-state index contributed by atoms with van der Waals surface area (Å²) in [5, 5.41) is 1.18. The fraction of sp³-hybridized carbons (Fsp3) is 0.214. The highest BCUT2D eigenvalue weighted by Crippen LogP contribution is 2.30. The first-order valence-electron chi connectivity index (χ1n) is 5.59. The second kappa shape index (κ2) is 3.97. The average Bonchev–Trinajstić information content (AvgIpc) is 2.39. The number of hydrogen-bond acceptors (Lipinski definition) is 2. The number of nitrogens with zero attached hydrogens (tertiary/aromatic N) is 1. The molecule has 1 aliphatic rings. The highest BCUT2D eigenvalue weighted by atomic mass is 16.5. The fourth-order valence-corrected chi connectivity index (χ4v) is 2.15. The Morgan fingerprint density at radius 2 is 2.12 bits per heavy atom. The summed E-state index contributed by atoms with van der Waals surface area (Å²) in [6.07, 6.45) is 7.97. The summed E-state index contributed by atoms with van der Waals surface area (Å²) in [5.74, 6) is 0. The zero-order chi connectivity index (χ0) is 10.8. The van der Waals surface area contributed by atoms with Crippen LogP contribution >= 0.6 is 0 Å². The molecule has 2 heterocycles. The van der Waals surface area contributed by atoms with Crippen LogP contribution < -0.4 is 0 Å². The third kappa shape index (κ3) is 1.56. The smallest absolute Gasteiger partial charge is 0.125 e. The molecule has 1 aromatic carbocycles. The molecule has 0 amide bonds. The van der Waals surface area contributed by atoms with Gasteiger partial charge in [-0.2, -0.15) is 0 Å². The monoisotopic (exact) mass is 211 g/mol. The van der Waals surface area contributed by atoms with E-state index in [1.165, 1.54) is 10.9 Å². The molecule has 3 rings (SSSR count). The van der Waals surface area contributed by atoms with E-state index in [1.54, 1.807) is 6.26 Å². The Labute approximate surface area is 94.6 Å². The number of benzene rings is 1. The second-order valence-electron chi connectivity index (χ2n) is 4.00. The van der Waals surface area contributed by atoms with E-state index in [2.05, 4.69) is 35.3 Å². The lowest BCUT2D eigenvalue weighted by Gasteiger charge is -2.20. The number of ether oxygens (including phenoxy) is 1. The number of pyridine rings is 1. The molecule has 1 atom stereocenters. The maximum atomic E-state index is 5.65. The lowest BCUT2D eigenvalue weighted by Crippen LogP contribution is -2.04. The van der Waals surface area contributed by atoms with Crippen molar-refractivity contribution in [3.8, 4) is 0 Å². The molecule has 1 aliphatic heterocycles. The van der Waals surface area contributed by atoms with Gasteiger partial charge in [0, 0.05) is 17.1 Å². The normalized spacial score (nSPS) is 19.6. The summed E-state index contributed by atoms with van der Waals surface area (Å²) in [6, 6.07) is 10.3. The van der Waals surface area contributed by atoms with E-state index in [1.807, 2.05) is 12.3 Å². The van der Waals surface area contributed by atoms with Gasteiger partial charge in [-0.1, -0.05) is 24.3 Å². The predicted octanol–water partition coefficient (Wildman–Crippen LogP) is 3.60. The molecule has 0 aliphatic carbocycles. The second-order valence-corrected chi connectivity index (χ2v) is 4.00. The van der Waals surface area contributed by atoms with Gasteiger partial charge >= 0.3 is 0 Å². The van der Waals surface area contributed by atoms with E-state index in [0.29, 0.717) is 0 Å². The molecule has 0 saturated carbocycles. The number of fused-ring (bicyclic) bond motifs is 1. The van der Waals surface area contributed by atoms with Crippen molar-refractivity contribution in [2.24, 2.45) is 0 Å². The molecule has 2 nitrogen and oxygen atoms in total. The van der Waals surface area contributed by atoms with E-state index >= 15 is 0 Å². The summed E-state index contributed by atoms with van der Waals surface area (Å²) in [5.41, 5.74) is 2.26. The van der Waals surface area contributed by atoms with Gasteiger partial charge in [-0.3, -0.25) is 4.98 Å². The molecular weight excluding hydrogens is 198 g/mol. The van der Waals surface area contributed by atoms with Crippen molar-refractivity contribution in [1.82, 2.24) is 4.98 Å². The van der Waals surface area contributed by atoms with Crippen molar-refractivity contribution >= 4 is 10.9 Å². The molecule has 0 N–H and O–H groups in total. The maximum Gasteiger partial charge on any atom is 0.125 e. The summed E-state index contributed by atoms with van der Waals surface area (Å²) >= 11 is 0. The van der Waals surface area contributed by atoms with E-state index in [9.17, 15) is 0 Å². The van der Waals surface area contributed by atoms with E-state index in [4.69, 9.17) is 4.74 Å². The molecule has 2 heteroatoms. The zero-order valence-electron chi connectivity index (χ0n) is 8.97. The number of rotatable bonds is 1. The minimum Gasteiger partial charge on any atom is -0.494 e. The molecule has 0 radical (unpaired) electrons. The van der Waals surface area contributed by atoms with Gasteiger partial charge < -0.3 is 4.74 Å². The largest absolute Gasteiger partial charge is 0.494 e. The predicted molar refractivity (Wildman–Crippen MR) is 63.9 cm³/mol. The number of hydrogen-bond donors (Lipinski definition) is 0. The topological polar surface area (TPSA) is 22.1 Å². The molecule has 0 spiro atoms. The van der Waals surface area contributed by atoms with Crippen molar-refractivity contribution in [3.63, 3.8) is 0 Å². The van der Waals surface area contributed by atoms with Crippen LogP contribution in [0.4, 0.5) is 0 Å². The third-order valence-corrected chi connectivity index (χ3v) is 2.95. The van der Waals surface area contributed by atoms with Crippen LogP contribution in [0.5, 0.6) is 0 Å². The van der Waals surface area contributed by atoms with Crippen molar-refractivity contribution in [3.05, 3.63) is 54.4 Å². The van der Waals surface area contributed by atoms with Gasteiger partial charge in [0.25, 0.3) is 0 Å². The van der Waals surface area contributed by atoms with Gasteiger partial charge in [-0.15, -0.1) is 0 Å². The Hall–Kier alpha value is -1.83. The first kappa shape index (κ1) is 9.40. The summed E-state index contributed by atoms with van der Waals surface area (Å²) in [4.78, 5) is 4.45. The van der Waals surface area contributed by atoms with Crippen LogP contribution in [-0.4, -0.2) is 4.98 Å². The van der Waals surface area contributed by atoms with Gasteiger partial charge in [-0.05, 0) is 25.0 Å². The average molecular weight is 211 g/mol. The minimum atomic E-state index is 0.156. The molecule has 80 valence electrons. The quantitative estimate of drug-likeness (QED) is 0.719. The molecule has 1 unspecified atom stereocenters. The zero-order valence-corrected chi connectivity index (χ0v) is 8.97. The lowest BCUT2D eigenvalue weighted by molar-refractivity contribution is 0.126. The highest BCUT2D eigenvalue weighted by molar-refractivity contribution is 5.81. The van der Waals surface area contributed by atoms with Crippen LogP contribution in [0, 0.1) is 0 Å². The summed E-state index contributed by atoms with van der Waals surface area (Å²) in [7, 11) is 0. The standard InChI is InChI=1S/C14H13NO/c1-2-10-16-13(8-1)12-7-3-5-11-6-4-9-15-14(11)12/h2-7,9-10,13H,1,8H2. The van der Waals surface area contributed by atoms with Crippen molar-refractivity contribution in [1.29, 1.82) is 0 Å². The van der Waals surface area contributed by atoms with Gasteiger partial charge in [0.2, 0.25) is 0 Å². The van der Waals surface area contributed by atoms with Gasteiger partial charge in [0.05, 0.1) is 11.8 Å². The molecular formula is C14H13NO. The van der Waals surface area contributed by atoms with Crippen molar-refractivity contribution < 1.29 is 4.74 Å².